The zero-order valence-corrected chi connectivity index (χ0v) is 11.0. The van der Waals surface area contributed by atoms with Crippen LogP contribution in [0.15, 0.2) is 42.6 Å². The molecule has 0 fully saturated rings. The summed E-state index contributed by atoms with van der Waals surface area (Å²) in [4.78, 5) is 17.8. The van der Waals surface area contributed by atoms with Gasteiger partial charge in [-0.05, 0) is 31.2 Å². The minimum absolute atomic E-state index is 0.256. The third kappa shape index (κ3) is 2.99. The Bertz CT molecular complexity index is 602. The first-order chi connectivity index (χ1) is 9.63. The number of aromatic nitrogens is 1. The number of rotatable bonds is 4. The van der Waals surface area contributed by atoms with E-state index in [9.17, 15) is 13.6 Å². The lowest BCUT2D eigenvalue weighted by Gasteiger charge is -2.20. The Morgan fingerprint density at radius 3 is 2.65 bits per heavy atom. The summed E-state index contributed by atoms with van der Waals surface area (Å²) in [6.07, 6.45) is 1.62. The van der Waals surface area contributed by atoms with Gasteiger partial charge < -0.3 is 4.90 Å². The van der Waals surface area contributed by atoms with Gasteiger partial charge in [-0.2, -0.15) is 0 Å². The van der Waals surface area contributed by atoms with Crippen LogP contribution in [0.3, 0.4) is 0 Å². The predicted molar refractivity (Wildman–Crippen MR) is 71.0 cm³/mol. The van der Waals surface area contributed by atoms with Crippen molar-refractivity contribution in [3.8, 4) is 0 Å². The second-order valence-electron chi connectivity index (χ2n) is 4.24. The average molecular weight is 276 g/mol. The van der Waals surface area contributed by atoms with Gasteiger partial charge in [0.15, 0.2) is 11.6 Å². The van der Waals surface area contributed by atoms with E-state index < -0.39 is 17.5 Å². The SMILES string of the molecule is CCN(Cc1ccccn1)C(=O)c1cccc(F)c1F. The van der Waals surface area contributed by atoms with E-state index in [0.29, 0.717) is 12.2 Å². The van der Waals surface area contributed by atoms with Crippen molar-refractivity contribution in [2.45, 2.75) is 13.5 Å². The van der Waals surface area contributed by atoms with Gasteiger partial charge in [0, 0.05) is 12.7 Å². The van der Waals surface area contributed by atoms with Crippen molar-refractivity contribution in [1.82, 2.24) is 9.88 Å². The number of hydrogen-bond acceptors (Lipinski definition) is 2. The van der Waals surface area contributed by atoms with Crippen LogP contribution in [0.2, 0.25) is 0 Å². The summed E-state index contributed by atoms with van der Waals surface area (Å²) in [5, 5.41) is 0. The first kappa shape index (κ1) is 14.1. The first-order valence-electron chi connectivity index (χ1n) is 6.26. The zero-order valence-electron chi connectivity index (χ0n) is 11.0. The lowest BCUT2D eigenvalue weighted by Crippen LogP contribution is -2.31. The molecular weight excluding hydrogens is 262 g/mol. The maximum absolute atomic E-state index is 13.6. The Morgan fingerprint density at radius 2 is 2.00 bits per heavy atom. The highest BCUT2D eigenvalue weighted by Gasteiger charge is 2.20. The van der Waals surface area contributed by atoms with E-state index in [2.05, 4.69) is 4.98 Å². The molecule has 3 nitrogen and oxygen atoms in total. The number of carbonyl (C=O) groups is 1. The fourth-order valence-corrected chi connectivity index (χ4v) is 1.85. The van der Waals surface area contributed by atoms with Crippen molar-refractivity contribution in [3.05, 3.63) is 65.5 Å². The summed E-state index contributed by atoms with van der Waals surface area (Å²) < 4.78 is 26.8. The summed E-state index contributed by atoms with van der Waals surface area (Å²) in [6, 6.07) is 8.94. The Labute approximate surface area is 115 Å². The minimum Gasteiger partial charge on any atom is -0.333 e. The molecular formula is C15H14F2N2O. The average Bonchev–Trinajstić information content (AvgIpc) is 2.48. The Hall–Kier alpha value is -2.30. The van der Waals surface area contributed by atoms with Crippen LogP contribution < -0.4 is 0 Å². The molecule has 0 spiro atoms. The highest BCUT2D eigenvalue weighted by molar-refractivity contribution is 5.94. The largest absolute Gasteiger partial charge is 0.333 e. The molecule has 0 atom stereocenters. The molecule has 2 rings (SSSR count). The van der Waals surface area contributed by atoms with E-state index in [1.807, 2.05) is 6.07 Å². The summed E-state index contributed by atoms with van der Waals surface area (Å²) in [5.41, 5.74) is 0.433. The fourth-order valence-electron chi connectivity index (χ4n) is 1.85. The molecule has 0 saturated heterocycles. The quantitative estimate of drug-likeness (QED) is 0.860. The van der Waals surface area contributed by atoms with Crippen molar-refractivity contribution in [2.75, 3.05) is 6.54 Å². The van der Waals surface area contributed by atoms with Crippen LogP contribution in [0.25, 0.3) is 0 Å². The van der Waals surface area contributed by atoms with Gasteiger partial charge in [-0.3, -0.25) is 9.78 Å². The van der Waals surface area contributed by atoms with Crippen molar-refractivity contribution in [1.29, 1.82) is 0 Å². The van der Waals surface area contributed by atoms with E-state index in [0.717, 1.165) is 6.07 Å². The number of amides is 1. The Kier molecular flexibility index (Phi) is 4.40. The molecule has 0 aliphatic carbocycles. The maximum Gasteiger partial charge on any atom is 0.257 e. The summed E-state index contributed by atoms with van der Waals surface area (Å²) >= 11 is 0. The molecule has 20 heavy (non-hydrogen) atoms. The standard InChI is InChI=1S/C15H14F2N2O/c1-2-19(10-11-6-3-4-9-18-11)15(20)12-7-5-8-13(16)14(12)17/h3-9H,2,10H2,1H3. The van der Waals surface area contributed by atoms with Crippen molar-refractivity contribution < 1.29 is 13.6 Å². The van der Waals surface area contributed by atoms with Crippen LogP contribution in [-0.4, -0.2) is 22.3 Å². The lowest BCUT2D eigenvalue weighted by molar-refractivity contribution is 0.0744. The van der Waals surface area contributed by atoms with Gasteiger partial charge in [0.05, 0.1) is 17.8 Å². The smallest absolute Gasteiger partial charge is 0.257 e. The van der Waals surface area contributed by atoms with Gasteiger partial charge in [0.2, 0.25) is 0 Å². The maximum atomic E-state index is 13.6. The molecule has 2 aromatic rings. The lowest BCUT2D eigenvalue weighted by atomic mass is 10.1. The number of benzene rings is 1. The number of pyridine rings is 1. The van der Waals surface area contributed by atoms with E-state index in [-0.39, 0.29) is 12.1 Å². The molecule has 1 heterocycles. The predicted octanol–water partition coefficient (Wildman–Crippen LogP) is 3.02. The third-order valence-corrected chi connectivity index (χ3v) is 2.93. The van der Waals surface area contributed by atoms with Crippen molar-refractivity contribution in [3.63, 3.8) is 0 Å². The number of halogens is 2. The molecule has 0 unspecified atom stereocenters. The zero-order chi connectivity index (χ0) is 14.5. The number of nitrogens with zero attached hydrogens (tertiary/aromatic N) is 2. The number of hydrogen-bond donors (Lipinski definition) is 0. The van der Waals surface area contributed by atoms with Crippen LogP contribution >= 0.6 is 0 Å². The van der Waals surface area contributed by atoms with E-state index >= 15 is 0 Å². The highest BCUT2D eigenvalue weighted by Crippen LogP contribution is 2.15. The Balaban J connectivity index is 2.23. The summed E-state index contributed by atoms with van der Waals surface area (Å²) in [5.74, 6) is -2.68. The molecule has 5 heteroatoms. The third-order valence-electron chi connectivity index (χ3n) is 2.93. The van der Waals surface area contributed by atoms with E-state index in [4.69, 9.17) is 0 Å². The van der Waals surface area contributed by atoms with Crippen LogP contribution in [0.4, 0.5) is 8.78 Å². The monoisotopic (exact) mass is 276 g/mol. The van der Waals surface area contributed by atoms with E-state index in [1.165, 1.54) is 17.0 Å². The normalized spacial score (nSPS) is 10.3. The minimum atomic E-state index is -1.11. The van der Waals surface area contributed by atoms with Crippen LogP contribution in [-0.2, 0) is 6.54 Å². The molecule has 0 radical (unpaired) electrons. The second kappa shape index (κ2) is 6.23. The fraction of sp³-hybridized carbons (Fsp3) is 0.200. The van der Waals surface area contributed by atoms with Gasteiger partial charge in [0.25, 0.3) is 5.91 Å². The van der Waals surface area contributed by atoms with Gasteiger partial charge in [-0.25, -0.2) is 8.78 Å². The summed E-state index contributed by atoms with van der Waals surface area (Å²) in [7, 11) is 0. The molecule has 1 amide bonds. The molecule has 0 saturated carbocycles. The molecule has 0 aliphatic rings. The number of carbonyl (C=O) groups excluding carboxylic acids is 1. The van der Waals surface area contributed by atoms with E-state index in [1.54, 1.807) is 25.3 Å². The molecule has 1 aromatic heterocycles. The van der Waals surface area contributed by atoms with Crippen LogP contribution in [0, 0.1) is 11.6 Å². The molecule has 0 N–H and O–H groups in total. The van der Waals surface area contributed by atoms with Gasteiger partial charge in [-0.1, -0.05) is 12.1 Å². The second-order valence-corrected chi connectivity index (χ2v) is 4.24. The van der Waals surface area contributed by atoms with Gasteiger partial charge >= 0.3 is 0 Å². The topological polar surface area (TPSA) is 33.2 Å². The van der Waals surface area contributed by atoms with Crippen molar-refractivity contribution in [2.24, 2.45) is 0 Å². The van der Waals surface area contributed by atoms with Crippen LogP contribution in [0.1, 0.15) is 23.0 Å². The van der Waals surface area contributed by atoms with Crippen LogP contribution in [0.5, 0.6) is 0 Å². The van der Waals surface area contributed by atoms with Gasteiger partial charge in [-0.15, -0.1) is 0 Å². The molecule has 1 aromatic carbocycles. The molecule has 104 valence electrons. The molecule has 0 bridgehead atoms. The highest BCUT2D eigenvalue weighted by atomic mass is 19.2. The Morgan fingerprint density at radius 1 is 1.20 bits per heavy atom. The summed E-state index contributed by atoms with van der Waals surface area (Å²) in [6.45, 7) is 2.41. The van der Waals surface area contributed by atoms with Crippen molar-refractivity contribution >= 4 is 5.91 Å². The molecule has 0 aliphatic heterocycles. The van der Waals surface area contributed by atoms with Gasteiger partial charge in [0.1, 0.15) is 0 Å². The first-order valence-corrected chi connectivity index (χ1v) is 6.26.